The Morgan fingerprint density at radius 2 is 2.00 bits per heavy atom. The highest BCUT2D eigenvalue weighted by atomic mass is 32.2. The van der Waals surface area contributed by atoms with Crippen LogP contribution < -0.4 is 5.73 Å². The van der Waals surface area contributed by atoms with Gasteiger partial charge in [-0.15, -0.1) is 0 Å². The fraction of sp³-hybridized carbons (Fsp3) is 0.308. The van der Waals surface area contributed by atoms with Gasteiger partial charge in [0.25, 0.3) is 5.91 Å². The molecule has 1 unspecified atom stereocenters. The number of aromatic nitrogens is 5. The van der Waals surface area contributed by atoms with Crippen molar-refractivity contribution in [2.45, 2.75) is 39.6 Å². The van der Waals surface area contributed by atoms with Gasteiger partial charge in [0.1, 0.15) is 6.33 Å². The lowest BCUT2D eigenvalue weighted by molar-refractivity contribution is -0.119. The molecule has 1 amide bonds. The largest absolute Gasteiger partial charge is 0.367 e. The van der Waals surface area contributed by atoms with Crippen LogP contribution >= 0.6 is 11.8 Å². The number of nitrogens with two attached hydrogens (primary N) is 1. The molecular formula is C26H29N7OS. The average Bonchev–Trinajstić information content (AvgIpc) is 3.52. The van der Waals surface area contributed by atoms with E-state index >= 15 is 0 Å². The molecule has 0 aliphatic carbocycles. The average molecular weight is 488 g/mol. The minimum Gasteiger partial charge on any atom is -0.367 e. The number of rotatable bonds is 5. The topological polar surface area (TPSA) is 106 Å². The van der Waals surface area contributed by atoms with E-state index in [-0.39, 0.29) is 11.3 Å². The van der Waals surface area contributed by atoms with Gasteiger partial charge in [0, 0.05) is 42.0 Å². The molecule has 0 bridgehead atoms. The number of benzene rings is 1. The molecule has 1 atom stereocenters. The monoisotopic (exact) mass is 487 g/mol. The normalized spacial score (nSPS) is 16.2. The van der Waals surface area contributed by atoms with Gasteiger partial charge in [0.15, 0.2) is 5.37 Å². The third-order valence-electron chi connectivity index (χ3n) is 6.21. The third kappa shape index (κ3) is 4.43. The second kappa shape index (κ2) is 8.57. The van der Waals surface area contributed by atoms with Crippen LogP contribution in [0.15, 0.2) is 54.1 Å². The Morgan fingerprint density at radius 3 is 2.66 bits per heavy atom. The van der Waals surface area contributed by atoms with E-state index in [2.05, 4.69) is 72.1 Å². The number of fused-ring (bicyclic) bond motifs is 1. The molecule has 0 spiro atoms. The van der Waals surface area contributed by atoms with Crippen LogP contribution in [0.1, 0.15) is 31.9 Å². The maximum absolute atomic E-state index is 12.1. The van der Waals surface area contributed by atoms with E-state index in [1.165, 1.54) is 0 Å². The van der Waals surface area contributed by atoms with Crippen LogP contribution in [0.5, 0.6) is 0 Å². The van der Waals surface area contributed by atoms with Gasteiger partial charge in [-0.05, 0) is 35.6 Å². The molecule has 0 radical (unpaired) electrons. The molecule has 5 rings (SSSR count). The number of hydrogen-bond acceptors (Lipinski definition) is 6. The summed E-state index contributed by atoms with van der Waals surface area (Å²) in [5.74, 6) is -0.320. The van der Waals surface area contributed by atoms with Crippen molar-refractivity contribution in [1.29, 1.82) is 0 Å². The fourth-order valence-electron chi connectivity index (χ4n) is 4.25. The van der Waals surface area contributed by atoms with Gasteiger partial charge in [0.2, 0.25) is 0 Å². The zero-order chi connectivity index (χ0) is 24.9. The molecule has 0 saturated carbocycles. The zero-order valence-electron chi connectivity index (χ0n) is 20.5. The Balaban J connectivity index is 1.46. The van der Waals surface area contributed by atoms with Gasteiger partial charge in [-0.2, -0.15) is 5.10 Å². The predicted molar refractivity (Wildman–Crippen MR) is 140 cm³/mol. The lowest BCUT2D eigenvalue weighted by Gasteiger charge is -2.23. The molecular weight excluding hydrogens is 458 g/mol. The van der Waals surface area contributed by atoms with Crippen molar-refractivity contribution in [3.05, 3.63) is 65.2 Å². The second-order valence-electron chi connectivity index (χ2n) is 10.00. The number of hydrogen-bond donors (Lipinski definition) is 2. The number of nitrogens with zero attached hydrogens (tertiary/aromatic N) is 5. The van der Waals surface area contributed by atoms with Gasteiger partial charge in [-0.1, -0.05) is 44.7 Å². The predicted octanol–water partition coefficient (Wildman–Crippen LogP) is 4.58. The molecule has 0 saturated heterocycles. The van der Waals surface area contributed by atoms with Crippen LogP contribution in [0.2, 0.25) is 0 Å². The number of carbonyl (C=O) groups is 1. The van der Waals surface area contributed by atoms with Gasteiger partial charge >= 0.3 is 0 Å². The summed E-state index contributed by atoms with van der Waals surface area (Å²) in [6.07, 6.45) is 7.47. The molecule has 9 heteroatoms. The molecule has 1 aliphatic rings. The smallest absolute Gasteiger partial charge is 0.251 e. The number of thioether (sulfide) groups is 1. The van der Waals surface area contributed by atoms with Crippen LogP contribution in [0, 0.1) is 12.3 Å². The van der Waals surface area contributed by atoms with Crippen molar-refractivity contribution in [3.63, 3.8) is 0 Å². The van der Waals surface area contributed by atoms with E-state index in [1.807, 2.05) is 30.4 Å². The molecule has 1 aliphatic heterocycles. The molecule has 180 valence electrons. The SMILES string of the molecule is Cc1cc(-c2ncnc3cc(-c4cnn(C)c4)[nH]c23)ccc1CN1C=C(C(C)(C)C)SC1C(N)=O. The summed E-state index contributed by atoms with van der Waals surface area (Å²) in [6.45, 7) is 9.14. The maximum Gasteiger partial charge on any atom is 0.251 e. The number of amides is 1. The first-order chi connectivity index (χ1) is 16.6. The molecule has 4 aromatic rings. The summed E-state index contributed by atoms with van der Waals surface area (Å²) in [4.78, 5) is 27.9. The number of H-pyrrole nitrogens is 1. The molecule has 4 heterocycles. The van der Waals surface area contributed by atoms with E-state index in [4.69, 9.17) is 5.73 Å². The van der Waals surface area contributed by atoms with E-state index in [1.54, 1.807) is 22.8 Å². The first kappa shape index (κ1) is 23.2. The van der Waals surface area contributed by atoms with E-state index < -0.39 is 5.37 Å². The van der Waals surface area contributed by atoms with Crippen LogP contribution in [0.4, 0.5) is 0 Å². The summed E-state index contributed by atoms with van der Waals surface area (Å²) in [5, 5.41) is 3.87. The highest BCUT2D eigenvalue weighted by molar-refractivity contribution is 8.04. The van der Waals surface area contributed by atoms with Crippen molar-refractivity contribution in [2.75, 3.05) is 0 Å². The van der Waals surface area contributed by atoms with Gasteiger partial charge < -0.3 is 15.6 Å². The molecule has 3 aromatic heterocycles. The Bertz CT molecular complexity index is 1460. The Hall–Kier alpha value is -3.59. The Kier molecular flexibility index (Phi) is 5.67. The molecule has 0 fully saturated rings. The van der Waals surface area contributed by atoms with E-state index in [0.29, 0.717) is 6.54 Å². The van der Waals surface area contributed by atoms with E-state index in [9.17, 15) is 4.79 Å². The highest BCUT2D eigenvalue weighted by Gasteiger charge is 2.34. The summed E-state index contributed by atoms with van der Waals surface area (Å²) in [5.41, 5.74) is 13.5. The molecule has 35 heavy (non-hydrogen) atoms. The summed E-state index contributed by atoms with van der Waals surface area (Å²) >= 11 is 1.55. The van der Waals surface area contributed by atoms with Crippen molar-refractivity contribution in [3.8, 4) is 22.5 Å². The van der Waals surface area contributed by atoms with Crippen LogP contribution in [-0.2, 0) is 18.4 Å². The third-order valence-corrected chi connectivity index (χ3v) is 7.91. The quantitative estimate of drug-likeness (QED) is 0.427. The van der Waals surface area contributed by atoms with Gasteiger partial charge in [-0.3, -0.25) is 9.48 Å². The maximum atomic E-state index is 12.1. The number of aromatic amines is 1. The fourth-order valence-corrected chi connectivity index (χ4v) is 5.43. The number of nitrogens with one attached hydrogen (secondary N) is 1. The minimum atomic E-state index is -0.394. The molecule has 1 aromatic carbocycles. The number of allylic oxidation sites excluding steroid dienone is 1. The zero-order valence-corrected chi connectivity index (χ0v) is 21.3. The van der Waals surface area contributed by atoms with Crippen LogP contribution in [-0.4, -0.2) is 40.9 Å². The van der Waals surface area contributed by atoms with Crippen molar-refractivity contribution < 1.29 is 4.79 Å². The molecule has 8 nitrogen and oxygen atoms in total. The van der Waals surface area contributed by atoms with E-state index in [0.717, 1.165) is 49.6 Å². The van der Waals surface area contributed by atoms with Gasteiger partial charge in [-0.25, -0.2) is 9.97 Å². The Labute approximate surface area is 208 Å². The first-order valence-corrected chi connectivity index (χ1v) is 12.3. The summed E-state index contributed by atoms with van der Waals surface area (Å²) < 4.78 is 1.77. The molecule has 3 N–H and O–H groups in total. The van der Waals surface area contributed by atoms with Crippen molar-refractivity contribution in [2.24, 2.45) is 18.2 Å². The van der Waals surface area contributed by atoms with Gasteiger partial charge in [0.05, 0.1) is 28.6 Å². The number of aryl methyl sites for hydroxylation is 2. The lowest BCUT2D eigenvalue weighted by Crippen LogP contribution is -2.36. The lowest BCUT2D eigenvalue weighted by atomic mass is 9.96. The standard InChI is InChI=1S/C26H29N7OS/c1-15-8-16(6-7-17(15)12-33-13-21(26(2,3)4)35-25(33)24(27)34)22-23-20(28-14-29-22)9-19(31-23)18-10-30-32(5)11-18/h6-11,13-14,25,31H,12H2,1-5H3,(H2,27,34). The van der Waals surface area contributed by atoms with Crippen LogP contribution in [0.25, 0.3) is 33.5 Å². The number of primary amides is 1. The van der Waals surface area contributed by atoms with Crippen molar-refractivity contribution >= 4 is 28.7 Å². The van der Waals surface area contributed by atoms with Crippen molar-refractivity contribution in [1.82, 2.24) is 29.6 Å². The van der Waals surface area contributed by atoms with Crippen LogP contribution in [0.3, 0.4) is 0 Å². The minimum absolute atomic E-state index is 0.0326. The summed E-state index contributed by atoms with van der Waals surface area (Å²) in [7, 11) is 1.90. The summed E-state index contributed by atoms with van der Waals surface area (Å²) in [6, 6.07) is 8.34. The highest BCUT2D eigenvalue weighted by Crippen LogP contribution is 2.44. The second-order valence-corrected chi connectivity index (χ2v) is 11.1. The number of carbonyl (C=O) groups excluding carboxylic acids is 1. The first-order valence-electron chi connectivity index (χ1n) is 11.5. The Morgan fingerprint density at radius 1 is 1.20 bits per heavy atom.